The molecule has 1 unspecified atom stereocenters. The summed E-state index contributed by atoms with van der Waals surface area (Å²) in [6.45, 7) is 5.28. The van der Waals surface area contributed by atoms with Crippen LogP contribution in [-0.4, -0.2) is 25.1 Å². The van der Waals surface area contributed by atoms with Gasteiger partial charge in [-0.1, -0.05) is 0 Å². The summed E-state index contributed by atoms with van der Waals surface area (Å²) in [4.78, 5) is 12.0. The van der Waals surface area contributed by atoms with Gasteiger partial charge in [0.25, 0.3) is 0 Å². The molecule has 112 valence electrons. The van der Waals surface area contributed by atoms with Gasteiger partial charge >= 0.3 is 0 Å². The van der Waals surface area contributed by atoms with Gasteiger partial charge in [0.05, 0.1) is 17.7 Å². The molecule has 2 N–H and O–H groups in total. The highest BCUT2D eigenvalue weighted by atomic mass is 35.5. The second-order valence-corrected chi connectivity index (χ2v) is 4.99. The van der Waals surface area contributed by atoms with Crippen LogP contribution in [0.5, 0.6) is 5.75 Å². The molecule has 1 aliphatic heterocycles. The molecule has 0 aromatic heterocycles. The zero-order valence-electron chi connectivity index (χ0n) is 11.6. The lowest BCUT2D eigenvalue weighted by atomic mass is 10.1. The molecule has 1 saturated heterocycles. The molecule has 1 aromatic carbocycles. The number of amides is 1. The van der Waals surface area contributed by atoms with E-state index in [-0.39, 0.29) is 30.3 Å². The quantitative estimate of drug-likeness (QED) is 0.899. The van der Waals surface area contributed by atoms with Crippen molar-refractivity contribution in [1.29, 1.82) is 0 Å². The second kappa shape index (κ2) is 7.45. The minimum atomic E-state index is -0.393. The Morgan fingerprint density at radius 2 is 2.25 bits per heavy atom. The molecule has 0 radical (unpaired) electrons. The van der Waals surface area contributed by atoms with Gasteiger partial charge in [0.1, 0.15) is 11.6 Å². The Bertz CT molecular complexity index is 462. The highest BCUT2D eigenvalue weighted by Crippen LogP contribution is 2.27. The van der Waals surface area contributed by atoms with Gasteiger partial charge in [-0.15, -0.1) is 12.4 Å². The fourth-order valence-corrected chi connectivity index (χ4v) is 2.07. The Hall–Kier alpha value is -1.33. The van der Waals surface area contributed by atoms with Gasteiger partial charge in [0.2, 0.25) is 5.91 Å². The summed E-state index contributed by atoms with van der Waals surface area (Å²) in [6.07, 6.45) is 0.774. The summed E-state index contributed by atoms with van der Waals surface area (Å²) >= 11 is 0. The molecular weight excluding hydrogens is 283 g/mol. The van der Waals surface area contributed by atoms with Crippen molar-refractivity contribution in [3.05, 3.63) is 24.0 Å². The second-order valence-electron chi connectivity index (χ2n) is 4.99. The fraction of sp³-hybridized carbons (Fsp3) is 0.500. The molecule has 1 atom stereocenters. The number of carbonyl (C=O) groups is 1. The van der Waals surface area contributed by atoms with Crippen LogP contribution in [0, 0.1) is 11.7 Å². The van der Waals surface area contributed by atoms with E-state index in [0.29, 0.717) is 18.0 Å². The number of benzene rings is 1. The lowest BCUT2D eigenvalue weighted by Crippen LogP contribution is -2.25. The molecule has 0 spiro atoms. The summed E-state index contributed by atoms with van der Waals surface area (Å²) in [5, 5.41) is 5.89. The van der Waals surface area contributed by atoms with Crippen LogP contribution in [0.4, 0.5) is 10.1 Å². The van der Waals surface area contributed by atoms with Gasteiger partial charge < -0.3 is 15.4 Å². The van der Waals surface area contributed by atoms with Crippen molar-refractivity contribution in [3.8, 4) is 5.75 Å². The van der Waals surface area contributed by atoms with Gasteiger partial charge in [-0.05, 0) is 38.9 Å². The van der Waals surface area contributed by atoms with E-state index in [2.05, 4.69) is 10.6 Å². The molecule has 4 nitrogen and oxygen atoms in total. The van der Waals surface area contributed by atoms with Crippen molar-refractivity contribution in [2.75, 3.05) is 18.4 Å². The van der Waals surface area contributed by atoms with Crippen molar-refractivity contribution in [3.63, 3.8) is 0 Å². The first-order chi connectivity index (χ1) is 9.06. The van der Waals surface area contributed by atoms with E-state index >= 15 is 0 Å². The fourth-order valence-electron chi connectivity index (χ4n) is 2.07. The maximum Gasteiger partial charge on any atom is 0.228 e. The van der Waals surface area contributed by atoms with Gasteiger partial charge in [-0.25, -0.2) is 4.39 Å². The van der Waals surface area contributed by atoms with E-state index in [9.17, 15) is 9.18 Å². The van der Waals surface area contributed by atoms with Crippen molar-refractivity contribution in [2.24, 2.45) is 5.92 Å². The van der Waals surface area contributed by atoms with Gasteiger partial charge in [0.15, 0.2) is 0 Å². The Labute approximate surface area is 124 Å². The number of rotatable bonds is 4. The van der Waals surface area contributed by atoms with Crippen LogP contribution in [0.25, 0.3) is 0 Å². The first kappa shape index (κ1) is 16.7. The molecule has 0 aliphatic carbocycles. The number of halogens is 2. The van der Waals surface area contributed by atoms with Crippen molar-refractivity contribution >= 4 is 24.0 Å². The maximum atomic E-state index is 13.3. The number of hydrogen-bond donors (Lipinski definition) is 2. The van der Waals surface area contributed by atoms with Crippen LogP contribution in [0.15, 0.2) is 18.2 Å². The molecule has 1 aliphatic rings. The molecule has 6 heteroatoms. The Balaban J connectivity index is 0.00000200. The Morgan fingerprint density at radius 1 is 1.50 bits per heavy atom. The standard InChI is InChI=1S/C14H19FN2O2.ClH/c1-9(2)19-13-4-3-11(15)7-12(13)17-14(18)10-5-6-16-8-10;/h3-4,7,9-10,16H,5-6,8H2,1-2H3,(H,17,18);1H. The zero-order chi connectivity index (χ0) is 13.8. The lowest BCUT2D eigenvalue weighted by molar-refractivity contribution is -0.119. The van der Waals surface area contributed by atoms with Crippen molar-refractivity contribution in [1.82, 2.24) is 5.32 Å². The Morgan fingerprint density at radius 3 is 2.85 bits per heavy atom. The largest absolute Gasteiger partial charge is 0.489 e. The molecule has 0 saturated carbocycles. The zero-order valence-corrected chi connectivity index (χ0v) is 12.4. The molecule has 1 aromatic rings. The molecule has 0 bridgehead atoms. The molecule has 20 heavy (non-hydrogen) atoms. The molecule has 2 rings (SSSR count). The van der Waals surface area contributed by atoms with Crippen LogP contribution < -0.4 is 15.4 Å². The summed E-state index contributed by atoms with van der Waals surface area (Å²) in [5.41, 5.74) is 0.394. The number of nitrogens with one attached hydrogen (secondary N) is 2. The van der Waals surface area contributed by atoms with Crippen LogP contribution in [0.1, 0.15) is 20.3 Å². The monoisotopic (exact) mass is 302 g/mol. The summed E-state index contributed by atoms with van der Waals surface area (Å²) in [7, 11) is 0. The number of anilines is 1. The first-order valence-electron chi connectivity index (χ1n) is 6.54. The summed E-state index contributed by atoms with van der Waals surface area (Å²) in [5.74, 6) is -0.0500. The van der Waals surface area contributed by atoms with E-state index in [1.807, 2.05) is 13.8 Å². The third-order valence-electron chi connectivity index (χ3n) is 2.99. The predicted octanol–water partition coefficient (Wildman–Crippen LogP) is 2.58. The van der Waals surface area contributed by atoms with Crippen molar-refractivity contribution in [2.45, 2.75) is 26.4 Å². The summed E-state index contributed by atoms with van der Waals surface area (Å²) < 4.78 is 18.9. The highest BCUT2D eigenvalue weighted by Gasteiger charge is 2.23. The van der Waals surface area contributed by atoms with Crippen LogP contribution in [0.3, 0.4) is 0 Å². The first-order valence-corrected chi connectivity index (χ1v) is 6.54. The van der Waals surface area contributed by atoms with Gasteiger partial charge in [-0.2, -0.15) is 0 Å². The summed E-state index contributed by atoms with van der Waals surface area (Å²) in [6, 6.07) is 4.15. The predicted molar refractivity (Wildman–Crippen MR) is 79.0 cm³/mol. The van der Waals surface area contributed by atoms with Gasteiger partial charge in [0, 0.05) is 12.6 Å². The molecule has 1 amide bonds. The number of carbonyl (C=O) groups excluding carboxylic acids is 1. The van der Waals surface area contributed by atoms with Crippen LogP contribution in [0.2, 0.25) is 0 Å². The maximum absolute atomic E-state index is 13.3. The van der Waals surface area contributed by atoms with Crippen molar-refractivity contribution < 1.29 is 13.9 Å². The van der Waals surface area contributed by atoms with Gasteiger partial charge in [-0.3, -0.25) is 4.79 Å². The van der Waals surface area contributed by atoms with E-state index in [4.69, 9.17) is 4.74 Å². The Kier molecular flexibility index (Phi) is 6.23. The van der Waals surface area contributed by atoms with E-state index in [1.165, 1.54) is 18.2 Å². The van der Waals surface area contributed by atoms with E-state index in [1.54, 1.807) is 0 Å². The third-order valence-corrected chi connectivity index (χ3v) is 2.99. The molecule has 1 heterocycles. The SMILES string of the molecule is CC(C)Oc1ccc(F)cc1NC(=O)C1CCNC1.Cl. The highest BCUT2D eigenvalue weighted by molar-refractivity contribution is 5.94. The number of ether oxygens (including phenoxy) is 1. The average molecular weight is 303 g/mol. The minimum Gasteiger partial charge on any atom is -0.489 e. The average Bonchev–Trinajstić information content (AvgIpc) is 2.86. The number of hydrogen-bond acceptors (Lipinski definition) is 3. The van der Waals surface area contributed by atoms with Crippen LogP contribution in [-0.2, 0) is 4.79 Å². The molecule has 1 fully saturated rings. The smallest absolute Gasteiger partial charge is 0.228 e. The van der Waals surface area contributed by atoms with E-state index < -0.39 is 5.82 Å². The minimum absolute atomic E-state index is 0. The lowest BCUT2D eigenvalue weighted by Gasteiger charge is -2.16. The third kappa shape index (κ3) is 4.35. The van der Waals surface area contributed by atoms with E-state index in [0.717, 1.165) is 13.0 Å². The topological polar surface area (TPSA) is 50.4 Å². The normalized spacial score (nSPS) is 17.7. The molecular formula is C14H20ClFN2O2. The van der Waals surface area contributed by atoms with Crippen LogP contribution >= 0.6 is 12.4 Å².